The number of guanidine groups is 1. The molecule has 0 aromatic heterocycles. The summed E-state index contributed by atoms with van der Waals surface area (Å²) in [5, 5.41) is 7.05. The van der Waals surface area contributed by atoms with Crippen LogP contribution in [0.4, 0.5) is 0 Å². The van der Waals surface area contributed by atoms with E-state index in [0.29, 0.717) is 53.7 Å². The zero-order chi connectivity index (χ0) is 21.2. The Hall–Kier alpha value is -2.07. The van der Waals surface area contributed by atoms with Crippen molar-refractivity contribution in [2.45, 2.75) is 20.0 Å². The van der Waals surface area contributed by atoms with Crippen LogP contribution in [-0.2, 0) is 13.1 Å². The predicted octanol–water partition coefficient (Wildman–Crippen LogP) is 4.25. The quantitative estimate of drug-likeness (QED) is 0.277. The predicted molar refractivity (Wildman–Crippen MR) is 131 cm³/mol. The normalized spacial score (nSPS) is 10.7. The fraction of sp³-hybridized carbons (Fsp3) is 0.381. The van der Waals surface area contributed by atoms with Crippen LogP contribution in [0, 0.1) is 0 Å². The number of hydrogen-bond donors (Lipinski definition) is 2. The topological polar surface area (TPSA) is 73.3 Å². The van der Waals surface area contributed by atoms with Gasteiger partial charge in [-0.25, -0.2) is 0 Å². The molecule has 0 spiro atoms. The van der Waals surface area contributed by atoms with Crippen molar-refractivity contribution in [2.75, 3.05) is 35.0 Å². The Bertz CT molecular complexity index is 849. The van der Waals surface area contributed by atoms with Gasteiger partial charge in [0.25, 0.3) is 0 Å². The first kappa shape index (κ1) is 26.0. The van der Waals surface area contributed by atoms with Crippen molar-refractivity contribution in [3.05, 3.63) is 46.5 Å². The number of aliphatic imine (C=N–C) groups is 1. The Morgan fingerprint density at radius 2 is 1.50 bits per heavy atom. The van der Waals surface area contributed by atoms with Crippen LogP contribution in [-0.4, -0.2) is 40.9 Å². The first-order valence-corrected chi connectivity index (χ1v) is 9.58. The third-order valence-corrected chi connectivity index (χ3v) is 4.45. The van der Waals surface area contributed by atoms with Gasteiger partial charge in [0.05, 0.1) is 33.0 Å². The van der Waals surface area contributed by atoms with Crippen molar-refractivity contribution in [2.24, 2.45) is 4.99 Å². The molecular formula is C21H29ClIN3O4. The average Bonchev–Trinajstić information content (AvgIpc) is 2.75. The van der Waals surface area contributed by atoms with Gasteiger partial charge < -0.3 is 29.6 Å². The Kier molecular flexibility index (Phi) is 11.5. The highest BCUT2D eigenvalue weighted by Crippen LogP contribution is 2.36. The van der Waals surface area contributed by atoms with E-state index < -0.39 is 0 Å². The van der Waals surface area contributed by atoms with Gasteiger partial charge in [-0.2, -0.15) is 0 Å². The number of rotatable bonds is 9. The van der Waals surface area contributed by atoms with Crippen LogP contribution in [0.2, 0.25) is 5.02 Å². The Balaban J connectivity index is 0.00000450. The summed E-state index contributed by atoms with van der Waals surface area (Å²) >= 11 is 6.34. The molecule has 0 aliphatic heterocycles. The van der Waals surface area contributed by atoms with Crippen LogP contribution in [0.1, 0.15) is 18.1 Å². The summed E-state index contributed by atoms with van der Waals surface area (Å²) in [7, 11) is 6.54. The largest absolute Gasteiger partial charge is 0.493 e. The molecule has 30 heavy (non-hydrogen) atoms. The smallest absolute Gasteiger partial charge is 0.191 e. The highest BCUT2D eigenvalue weighted by Gasteiger charge is 2.12. The maximum atomic E-state index is 6.34. The van der Waals surface area contributed by atoms with Crippen molar-refractivity contribution >= 4 is 41.5 Å². The summed E-state index contributed by atoms with van der Waals surface area (Å²) in [6.07, 6.45) is 0. The third-order valence-electron chi connectivity index (χ3n) is 4.17. The lowest BCUT2D eigenvalue weighted by molar-refractivity contribution is 0.311. The van der Waals surface area contributed by atoms with E-state index in [4.69, 9.17) is 30.5 Å². The minimum Gasteiger partial charge on any atom is -0.493 e. The minimum absolute atomic E-state index is 0. The molecule has 0 atom stereocenters. The summed E-state index contributed by atoms with van der Waals surface area (Å²) in [6.45, 7) is 3.52. The van der Waals surface area contributed by atoms with Gasteiger partial charge in [0.15, 0.2) is 29.0 Å². The first-order chi connectivity index (χ1) is 14.1. The van der Waals surface area contributed by atoms with Crippen molar-refractivity contribution in [3.8, 4) is 23.0 Å². The zero-order valence-corrected chi connectivity index (χ0v) is 21.0. The van der Waals surface area contributed by atoms with Gasteiger partial charge in [0, 0.05) is 20.1 Å². The third kappa shape index (κ3) is 7.02. The van der Waals surface area contributed by atoms with Gasteiger partial charge in [-0.1, -0.05) is 17.7 Å². The molecule has 0 amide bonds. The van der Waals surface area contributed by atoms with Crippen LogP contribution in [0.3, 0.4) is 0 Å². The molecule has 0 radical (unpaired) electrons. The van der Waals surface area contributed by atoms with Gasteiger partial charge in [-0.15, -0.1) is 24.0 Å². The van der Waals surface area contributed by atoms with Gasteiger partial charge >= 0.3 is 0 Å². The van der Waals surface area contributed by atoms with E-state index in [2.05, 4.69) is 15.6 Å². The molecule has 0 heterocycles. The zero-order valence-electron chi connectivity index (χ0n) is 17.9. The first-order valence-electron chi connectivity index (χ1n) is 9.20. The summed E-state index contributed by atoms with van der Waals surface area (Å²) in [4.78, 5) is 4.26. The number of methoxy groups -OCH3 is 3. The van der Waals surface area contributed by atoms with Crippen molar-refractivity contribution in [1.82, 2.24) is 10.6 Å². The molecule has 0 unspecified atom stereocenters. The summed E-state index contributed by atoms with van der Waals surface area (Å²) in [5.74, 6) is 3.19. The van der Waals surface area contributed by atoms with Gasteiger partial charge in [-0.05, 0) is 42.3 Å². The lowest BCUT2D eigenvalue weighted by Crippen LogP contribution is -2.36. The summed E-state index contributed by atoms with van der Waals surface area (Å²) in [6, 6.07) is 9.52. The second-order valence-corrected chi connectivity index (χ2v) is 6.42. The second kappa shape index (κ2) is 13.3. The molecule has 0 aliphatic carbocycles. The highest BCUT2D eigenvalue weighted by atomic mass is 127. The average molecular weight is 550 g/mol. The van der Waals surface area contributed by atoms with Crippen LogP contribution in [0.25, 0.3) is 0 Å². The molecule has 166 valence electrons. The molecule has 2 aromatic carbocycles. The Morgan fingerprint density at radius 3 is 2.07 bits per heavy atom. The monoisotopic (exact) mass is 549 g/mol. The summed E-state index contributed by atoms with van der Waals surface area (Å²) < 4.78 is 21.6. The lowest BCUT2D eigenvalue weighted by atomic mass is 10.2. The molecule has 2 rings (SSSR count). The molecular weight excluding hydrogens is 521 g/mol. The minimum atomic E-state index is 0. The van der Waals surface area contributed by atoms with E-state index in [1.807, 2.05) is 37.3 Å². The van der Waals surface area contributed by atoms with Gasteiger partial charge in [0.1, 0.15) is 0 Å². The summed E-state index contributed by atoms with van der Waals surface area (Å²) in [5.41, 5.74) is 1.99. The van der Waals surface area contributed by atoms with Crippen LogP contribution in [0.5, 0.6) is 23.0 Å². The number of nitrogens with zero attached hydrogens (tertiary/aromatic N) is 1. The van der Waals surface area contributed by atoms with E-state index in [0.717, 1.165) is 11.1 Å². The SMILES string of the molecule is CCOc1c(Cl)cc(CNC(=NC)NCc2ccc(OC)c(OC)c2)cc1OC.I. The Labute approximate surface area is 200 Å². The standard InChI is InChI=1S/C21H28ClN3O4.HI/c1-6-29-20-16(22)9-15(11-19(20)28-5)13-25-21(23-2)24-12-14-7-8-17(26-3)18(10-14)27-4;/h7-11H,6,12-13H2,1-5H3,(H2,23,24,25);1H. The molecule has 9 heteroatoms. The van der Waals surface area contributed by atoms with E-state index in [1.165, 1.54) is 0 Å². The fourth-order valence-electron chi connectivity index (χ4n) is 2.74. The van der Waals surface area contributed by atoms with E-state index in [1.54, 1.807) is 28.4 Å². The second-order valence-electron chi connectivity index (χ2n) is 6.01. The fourth-order valence-corrected chi connectivity index (χ4v) is 3.03. The molecule has 0 fully saturated rings. The van der Waals surface area contributed by atoms with Crippen molar-refractivity contribution < 1.29 is 18.9 Å². The van der Waals surface area contributed by atoms with Crippen LogP contribution < -0.4 is 29.6 Å². The van der Waals surface area contributed by atoms with Crippen molar-refractivity contribution in [1.29, 1.82) is 0 Å². The number of ether oxygens (including phenoxy) is 4. The highest BCUT2D eigenvalue weighted by molar-refractivity contribution is 14.0. The molecule has 2 N–H and O–H groups in total. The number of hydrogen-bond acceptors (Lipinski definition) is 5. The number of halogens is 2. The van der Waals surface area contributed by atoms with Gasteiger partial charge in [-0.3, -0.25) is 4.99 Å². The van der Waals surface area contributed by atoms with Crippen LogP contribution >= 0.6 is 35.6 Å². The number of benzene rings is 2. The maximum Gasteiger partial charge on any atom is 0.191 e. The van der Waals surface area contributed by atoms with E-state index in [-0.39, 0.29) is 24.0 Å². The van der Waals surface area contributed by atoms with E-state index >= 15 is 0 Å². The Morgan fingerprint density at radius 1 is 0.900 bits per heavy atom. The molecule has 0 saturated heterocycles. The van der Waals surface area contributed by atoms with Crippen molar-refractivity contribution in [3.63, 3.8) is 0 Å². The molecule has 7 nitrogen and oxygen atoms in total. The number of nitrogens with one attached hydrogen (secondary N) is 2. The maximum absolute atomic E-state index is 6.34. The van der Waals surface area contributed by atoms with Crippen LogP contribution in [0.15, 0.2) is 35.3 Å². The molecule has 0 bridgehead atoms. The lowest BCUT2D eigenvalue weighted by Gasteiger charge is -2.15. The molecule has 0 aliphatic rings. The van der Waals surface area contributed by atoms with E-state index in [9.17, 15) is 0 Å². The molecule has 0 saturated carbocycles. The van der Waals surface area contributed by atoms with Gasteiger partial charge in [0.2, 0.25) is 0 Å². The molecule has 2 aromatic rings.